The Bertz CT molecular complexity index is 804. The molecular weight excluding hydrogens is 352 g/mol. The Labute approximate surface area is 157 Å². The summed E-state index contributed by atoms with van der Waals surface area (Å²) in [5, 5.41) is 5.66. The van der Waals surface area contributed by atoms with Crippen molar-refractivity contribution in [2.45, 2.75) is 0 Å². The van der Waals surface area contributed by atoms with E-state index in [2.05, 4.69) is 10.6 Å². The third kappa shape index (κ3) is 5.49. The van der Waals surface area contributed by atoms with Gasteiger partial charge in [-0.3, -0.25) is 10.1 Å². The topological polar surface area (TPSA) is 68.8 Å². The molecule has 1 amide bonds. The van der Waals surface area contributed by atoms with Gasteiger partial charge in [0.2, 0.25) is 5.91 Å². The van der Waals surface area contributed by atoms with Crippen LogP contribution in [0.4, 0.5) is 5.69 Å². The fraction of sp³-hybridized carbons (Fsp3) is 0.158. The van der Waals surface area contributed by atoms with Crippen LogP contribution in [0.2, 0.25) is 0 Å². The SMILES string of the molecule is COc1ccc(/C=C/C(=O)NC(=S)Nc2cc(OC)ccc2OC)cc1. The predicted octanol–water partition coefficient (Wildman–Crippen LogP) is 3.24. The fourth-order valence-corrected chi connectivity index (χ4v) is 2.32. The molecule has 0 fully saturated rings. The van der Waals surface area contributed by atoms with Gasteiger partial charge in [-0.2, -0.15) is 0 Å². The Balaban J connectivity index is 1.96. The summed E-state index contributed by atoms with van der Waals surface area (Å²) >= 11 is 5.17. The molecule has 2 N–H and O–H groups in total. The van der Waals surface area contributed by atoms with Crippen LogP contribution in [-0.2, 0) is 4.79 Å². The second-order valence-electron chi connectivity index (χ2n) is 5.12. The number of benzene rings is 2. The van der Waals surface area contributed by atoms with Gasteiger partial charge >= 0.3 is 0 Å². The van der Waals surface area contributed by atoms with E-state index in [1.807, 2.05) is 24.3 Å². The van der Waals surface area contributed by atoms with Crippen molar-refractivity contribution in [3.8, 4) is 17.2 Å². The first kappa shape index (κ1) is 19.3. The van der Waals surface area contributed by atoms with Gasteiger partial charge in [0.25, 0.3) is 0 Å². The van der Waals surface area contributed by atoms with E-state index >= 15 is 0 Å². The minimum absolute atomic E-state index is 0.154. The van der Waals surface area contributed by atoms with Crippen molar-refractivity contribution in [3.63, 3.8) is 0 Å². The zero-order chi connectivity index (χ0) is 18.9. The molecule has 2 aromatic carbocycles. The molecule has 2 aromatic rings. The number of rotatable bonds is 6. The standard InChI is InChI=1S/C19H20N2O4S/c1-23-14-7-4-13(5-8-14)6-11-18(22)21-19(26)20-16-12-15(24-2)9-10-17(16)25-3/h4-12H,1-3H3,(H2,20,21,22,26)/b11-6+. The lowest BCUT2D eigenvalue weighted by Crippen LogP contribution is -2.32. The van der Waals surface area contributed by atoms with Gasteiger partial charge in [-0.25, -0.2) is 0 Å². The van der Waals surface area contributed by atoms with E-state index in [4.69, 9.17) is 26.4 Å². The third-order valence-electron chi connectivity index (χ3n) is 3.43. The molecule has 2 rings (SSSR count). The van der Waals surface area contributed by atoms with Crippen molar-refractivity contribution in [2.24, 2.45) is 0 Å². The number of anilines is 1. The number of hydrogen-bond acceptors (Lipinski definition) is 5. The van der Waals surface area contributed by atoms with Crippen molar-refractivity contribution in [2.75, 3.05) is 26.6 Å². The molecule has 7 heteroatoms. The third-order valence-corrected chi connectivity index (χ3v) is 3.64. The first-order valence-electron chi connectivity index (χ1n) is 7.72. The molecule has 0 heterocycles. The zero-order valence-corrected chi connectivity index (χ0v) is 15.6. The second-order valence-corrected chi connectivity index (χ2v) is 5.52. The largest absolute Gasteiger partial charge is 0.497 e. The van der Waals surface area contributed by atoms with Crippen LogP contribution in [0.5, 0.6) is 17.2 Å². The molecule has 26 heavy (non-hydrogen) atoms. The Morgan fingerprint density at radius 2 is 1.62 bits per heavy atom. The highest BCUT2D eigenvalue weighted by atomic mass is 32.1. The summed E-state index contributed by atoms with van der Waals surface area (Å²) in [6.45, 7) is 0. The summed E-state index contributed by atoms with van der Waals surface area (Å²) in [5.74, 6) is 1.63. The normalized spacial score (nSPS) is 10.3. The molecule has 0 aliphatic heterocycles. The van der Waals surface area contributed by atoms with Gasteiger partial charge in [-0.05, 0) is 48.1 Å². The van der Waals surface area contributed by atoms with Crippen molar-refractivity contribution in [1.82, 2.24) is 5.32 Å². The molecule has 6 nitrogen and oxygen atoms in total. The summed E-state index contributed by atoms with van der Waals surface area (Å²) in [7, 11) is 4.71. The number of amides is 1. The van der Waals surface area contributed by atoms with Crippen molar-refractivity contribution >= 4 is 35.0 Å². The lowest BCUT2D eigenvalue weighted by atomic mass is 10.2. The molecule has 0 spiro atoms. The van der Waals surface area contributed by atoms with Gasteiger partial charge in [-0.1, -0.05) is 12.1 Å². The van der Waals surface area contributed by atoms with Gasteiger partial charge in [-0.15, -0.1) is 0 Å². The van der Waals surface area contributed by atoms with Crippen LogP contribution >= 0.6 is 12.2 Å². The van der Waals surface area contributed by atoms with Crippen LogP contribution in [0.25, 0.3) is 6.08 Å². The summed E-state index contributed by atoms with van der Waals surface area (Å²) in [6.07, 6.45) is 3.09. The maximum atomic E-state index is 12.0. The average Bonchev–Trinajstić information content (AvgIpc) is 2.66. The Morgan fingerprint density at radius 1 is 0.962 bits per heavy atom. The molecule has 0 radical (unpaired) electrons. The highest BCUT2D eigenvalue weighted by molar-refractivity contribution is 7.80. The summed E-state index contributed by atoms with van der Waals surface area (Å²) < 4.78 is 15.5. The quantitative estimate of drug-likeness (QED) is 0.599. The van der Waals surface area contributed by atoms with Crippen LogP contribution in [0.15, 0.2) is 48.5 Å². The Hall–Kier alpha value is -3.06. The molecule has 0 bridgehead atoms. The predicted molar refractivity (Wildman–Crippen MR) is 106 cm³/mol. The molecule has 0 saturated carbocycles. The molecule has 0 saturated heterocycles. The highest BCUT2D eigenvalue weighted by Crippen LogP contribution is 2.28. The minimum Gasteiger partial charge on any atom is -0.497 e. The zero-order valence-electron chi connectivity index (χ0n) is 14.7. The number of ether oxygens (including phenoxy) is 3. The number of carbonyl (C=O) groups is 1. The molecule has 136 valence electrons. The van der Waals surface area contributed by atoms with Crippen LogP contribution in [0, 0.1) is 0 Å². The van der Waals surface area contributed by atoms with Crippen LogP contribution in [-0.4, -0.2) is 32.3 Å². The molecule has 0 unspecified atom stereocenters. The van der Waals surface area contributed by atoms with E-state index in [1.165, 1.54) is 6.08 Å². The van der Waals surface area contributed by atoms with E-state index in [0.29, 0.717) is 17.2 Å². The summed E-state index contributed by atoms with van der Waals surface area (Å²) in [6, 6.07) is 12.6. The monoisotopic (exact) mass is 372 g/mol. The molecule has 0 aliphatic rings. The van der Waals surface area contributed by atoms with Crippen molar-refractivity contribution in [1.29, 1.82) is 0 Å². The summed E-state index contributed by atoms with van der Waals surface area (Å²) in [4.78, 5) is 12.0. The van der Waals surface area contributed by atoms with Crippen LogP contribution < -0.4 is 24.8 Å². The highest BCUT2D eigenvalue weighted by Gasteiger charge is 2.08. The second kappa shape index (κ2) is 9.43. The first-order valence-corrected chi connectivity index (χ1v) is 8.12. The number of methoxy groups -OCH3 is 3. The lowest BCUT2D eigenvalue weighted by molar-refractivity contribution is -0.115. The molecular formula is C19H20N2O4S. The molecule has 0 aliphatic carbocycles. The van der Waals surface area contributed by atoms with Crippen molar-refractivity contribution in [3.05, 3.63) is 54.1 Å². The summed E-state index contributed by atoms with van der Waals surface area (Å²) in [5.41, 5.74) is 1.46. The van der Waals surface area contributed by atoms with Gasteiger partial charge in [0.05, 0.1) is 27.0 Å². The fourth-order valence-electron chi connectivity index (χ4n) is 2.11. The molecule has 0 atom stereocenters. The van der Waals surface area contributed by atoms with Crippen molar-refractivity contribution < 1.29 is 19.0 Å². The smallest absolute Gasteiger partial charge is 0.250 e. The van der Waals surface area contributed by atoms with Gasteiger partial charge in [0, 0.05) is 12.1 Å². The molecule has 0 aromatic heterocycles. The number of carbonyl (C=O) groups excluding carboxylic acids is 1. The maximum absolute atomic E-state index is 12.0. The van der Waals surface area contributed by atoms with E-state index in [-0.39, 0.29) is 11.0 Å². The van der Waals surface area contributed by atoms with E-state index in [1.54, 1.807) is 45.6 Å². The van der Waals surface area contributed by atoms with Gasteiger partial charge < -0.3 is 19.5 Å². The van der Waals surface area contributed by atoms with Gasteiger partial charge in [0.1, 0.15) is 17.2 Å². The minimum atomic E-state index is -0.347. The lowest BCUT2D eigenvalue weighted by Gasteiger charge is -2.13. The van der Waals surface area contributed by atoms with Crippen LogP contribution in [0.3, 0.4) is 0 Å². The Morgan fingerprint density at radius 3 is 2.23 bits per heavy atom. The maximum Gasteiger partial charge on any atom is 0.250 e. The Kier molecular flexibility index (Phi) is 6.99. The number of nitrogens with one attached hydrogen (secondary N) is 2. The first-order chi connectivity index (χ1) is 12.5. The van der Waals surface area contributed by atoms with E-state index in [0.717, 1.165) is 11.3 Å². The van der Waals surface area contributed by atoms with Crippen LogP contribution in [0.1, 0.15) is 5.56 Å². The van der Waals surface area contributed by atoms with E-state index in [9.17, 15) is 4.79 Å². The number of hydrogen-bond donors (Lipinski definition) is 2. The van der Waals surface area contributed by atoms with E-state index < -0.39 is 0 Å². The van der Waals surface area contributed by atoms with Gasteiger partial charge in [0.15, 0.2) is 5.11 Å². The average molecular weight is 372 g/mol. The number of thiocarbonyl (C=S) groups is 1.